The summed E-state index contributed by atoms with van der Waals surface area (Å²) < 4.78 is 0.0597. The number of hydrogen-bond acceptors (Lipinski definition) is 3. The van der Waals surface area contributed by atoms with Crippen molar-refractivity contribution in [2.75, 3.05) is 17.7 Å². The lowest BCUT2D eigenvalue weighted by atomic mass is 10.1. The molecule has 4 heteroatoms. The molecule has 0 heterocycles. The molecule has 0 atom stereocenters. The number of anilines is 1. The largest absolute Gasteiger partial charge is 0.384 e. The molecule has 0 unspecified atom stereocenters. The van der Waals surface area contributed by atoms with Crippen molar-refractivity contribution in [2.24, 2.45) is 0 Å². The number of hydrogen-bond donors (Lipinski definition) is 2. The molecule has 0 aliphatic carbocycles. The van der Waals surface area contributed by atoms with Crippen LogP contribution in [0.3, 0.4) is 0 Å². The maximum absolute atomic E-state index is 11.9. The van der Waals surface area contributed by atoms with Gasteiger partial charge in [-0.25, -0.2) is 0 Å². The van der Waals surface area contributed by atoms with Gasteiger partial charge in [0, 0.05) is 10.3 Å². The topological polar surface area (TPSA) is 49.3 Å². The van der Waals surface area contributed by atoms with Crippen LogP contribution in [0.2, 0.25) is 0 Å². The fourth-order valence-corrected chi connectivity index (χ4v) is 2.11. The van der Waals surface area contributed by atoms with E-state index in [4.69, 9.17) is 5.11 Å². The van der Waals surface area contributed by atoms with Gasteiger partial charge in [0.15, 0.2) is 0 Å². The summed E-state index contributed by atoms with van der Waals surface area (Å²) in [6, 6.07) is 5.67. The average molecular weight is 291 g/mol. The molecule has 0 aliphatic heterocycles. The highest BCUT2D eigenvalue weighted by Gasteiger charge is 2.14. The number of nitrogens with one attached hydrogen (secondary N) is 1. The van der Waals surface area contributed by atoms with Crippen LogP contribution in [0.5, 0.6) is 0 Å². The first-order chi connectivity index (χ1) is 9.31. The molecule has 0 radical (unpaired) electrons. The van der Waals surface area contributed by atoms with Crippen molar-refractivity contribution < 1.29 is 9.90 Å². The Balaban J connectivity index is 2.79. The quantitative estimate of drug-likeness (QED) is 0.842. The van der Waals surface area contributed by atoms with Gasteiger partial charge in [-0.05, 0) is 24.6 Å². The highest BCUT2D eigenvalue weighted by molar-refractivity contribution is 8.01. The van der Waals surface area contributed by atoms with E-state index < -0.39 is 0 Å². The normalized spacial score (nSPS) is 10.7. The summed E-state index contributed by atoms with van der Waals surface area (Å²) in [6.07, 6.45) is 0. The van der Waals surface area contributed by atoms with Crippen LogP contribution in [0.15, 0.2) is 18.2 Å². The first kappa shape index (κ1) is 16.6. The van der Waals surface area contributed by atoms with Crippen molar-refractivity contribution in [1.29, 1.82) is 0 Å². The summed E-state index contributed by atoms with van der Waals surface area (Å²) in [7, 11) is 0. The van der Waals surface area contributed by atoms with Crippen LogP contribution in [0.4, 0.5) is 5.69 Å². The van der Waals surface area contributed by atoms with Crippen molar-refractivity contribution in [3.8, 4) is 11.8 Å². The van der Waals surface area contributed by atoms with Crippen molar-refractivity contribution in [3.05, 3.63) is 29.3 Å². The van der Waals surface area contributed by atoms with Gasteiger partial charge in [-0.15, -0.1) is 11.8 Å². The molecule has 0 bridgehead atoms. The lowest BCUT2D eigenvalue weighted by molar-refractivity contribution is -0.113. The van der Waals surface area contributed by atoms with Gasteiger partial charge in [-0.3, -0.25) is 4.79 Å². The van der Waals surface area contributed by atoms with E-state index in [0.29, 0.717) is 11.4 Å². The Labute approximate surface area is 125 Å². The van der Waals surface area contributed by atoms with Gasteiger partial charge in [-0.1, -0.05) is 38.7 Å². The van der Waals surface area contributed by atoms with Gasteiger partial charge in [0.25, 0.3) is 0 Å². The molecule has 1 aromatic rings. The summed E-state index contributed by atoms with van der Waals surface area (Å²) in [5.74, 6) is 5.84. The summed E-state index contributed by atoms with van der Waals surface area (Å²) in [4.78, 5) is 11.9. The van der Waals surface area contributed by atoms with Crippen molar-refractivity contribution in [2.45, 2.75) is 32.4 Å². The number of amides is 1. The number of thioether (sulfide) groups is 1. The number of carbonyl (C=O) groups excluding carboxylic acids is 1. The predicted octanol–water partition coefficient (Wildman–Crippen LogP) is 2.81. The van der Waals surface area contributed by atoms with E-state index in [2.05, 4.69) is 37.9 Å². The minimum atomic E-state index is -0.193. The standard InChI is InChI=1S/C16H21NO2S/c1-12-7-8-14(13(10-12)6-5-9-18)17-15(19)11-20-16(2,3)4/h7-8,10,18H,9,11H2,1-4H3,(H,17,19). The third kappa shape index (κ3) is 6.14. The maximum atomic E-state index is 11.9. The van der Waals surface area contributed by atoms with Crippen molar-refractivity contribution in [1.82, 2.24) is 0 Å². The van der Waals surface area contributed by atoms with Crippen molar-refractivity contribution in [3.63, 3.8) is 0 Å². The molecule has 1 aromatic carbocycles. The molecule has 0 saturated carbocycles. The summed E-state index contributed by atoms with van der Waals surface area (Å²) in [5.41, 5.74) is 2.48. The van der Waals surface area contributed by atoms with Crippen LogP contribution in [0, 0.1) is 18.8 Å². The number of aryl methyl sites for hydroxylation is 1. The van der Waals surface area contributed by atoms with Crippen LogP contribution >= 0.6 is 11.8 Å². The van der Waals surface area contributed by atoms with Gasteiger partial charge in [0.2, 0.25) is 5.91 Å². The summed E-state index contributed by atoms with van der Waals surface area (Å²) in [5, 5.41) is 11.7. The Morgan fingerprint density at radius 1 is 1.40 bits per heavy atom. The molecular weight excluding hydrogens is 270 g/mol. The Morgan fingerprint density at radius 3 is 2.70 bits per heavy atom. The second-order valence-corrected chi connectivity index (χ2v) is 7.26. The number of carbonyl (C=O) groups is 1. The highest BCUT2D eigenvalue weighted by Crippen LogP contribution is 2.23. The first-order valence-electron chi connectivity index (χ1n) is 6.46. The molecular formula is C16H21NO2S. The number of aliphatic hydroxyl groups is 1. The Morgan fingerprint density at radius 2 is 2.10 bits per heavy atom. The van der Waals surface area contributed by atoms with Gasteiger partial charge < -0.3 is 10.4 Å². The minimum absolute atomic E-state index is 0.0409. The van der Waals surface area contributed by atoms with E-state index in [9.17, 15) is 4.79 Å². The van der Waals surface area contributed by atoms with E-state index in [1.54, 1.807) is 11.8 Å². The molecule has 0 saturated heterocycles. The summed E-state index contributed by atoms with van der Waals surface area (Å²) in [6.45, 7) is 8.01. The molecule has 108 valence electrons. The van der Waals surface area contributed by atoms with Crippen LogP contribution in [-0.4, -0.2) is 28.1 Å². The molecule has 0 spiro atoms. The predicted molar refractivity (Wildman–Crippen MR) is 86.0 cm³/mol. The number of rotatable bonds is 3. The molecule has 20 heavy (non-hydrogen) atoms. The molecule has 0 aliphatic rings. The van der Waals surface area contributed by atoms with E-state index in [1.807, 2.05) is 25.1 Å². The maximum Gasteiger partial charge on any atom is 0.234 e. The zero-order valence-corrected chi connectivity index (χ0v) is 13.2. The van der Waals surface area contributed by atoms with Gasteiger partial charge >= 0.3 is 0 Å². The fraction of sp³-hybridized carbons (Fsp3) is 0.438. The molecule has 0 fully saturated rings. The molecule has 1 rings (SSSR count). The van der Waals surface area contributed by atoms with Gasteiger partial charge in [0.05, 0.1) is 11.4 Å². The molecule has 3 nitrogen and oxygen atoms in total. The van der Waals surface area contributed by atoms with Crippen LogP contribution in [0.25, 0.3) is 0 Å². The van der Waals surface area contributed by atoms with E-state index in [-0.39, 0.29) is 17.3 Å². The van der Waals surface area contributed by atoms with Crippen molar-refractivity contribution >= 4 is 23.4 Å². The molecule has 1 amide bonds. The van der Waals surface area contributed by atoms with E-state index in [1.165, 1.54) is 0 Å². The van der Waals surface area contributed by atoms with Crippen LogP contribution in [0.1, 0.15) is 31.9 Å². The molecule has 2 N–H and O–H groups in total. The van der Waals surface area contributed by atoms with Crippen LogP contribution in [-0.2, 0) is 4.79 Å². The van der Waals surface area contributed by atoms with Crippen LogP contribution < -0.4 is 5.32 Å². The third-order valence-electron chi connectivity index (χ3n) is 2.39. The third-order valence-corrected chi connectivity index (χ3v) is 3.66. The Hall–Kier alpha value is -1.44. The second-order valence-electron chi connectivity index (χ2n) is 5.46. The number of benzene rings is 1. The first-order valence-corrected chi connectivity index (χ1v) is 7.44. The second kappa shape index (κ2) is 7.37. The zero-order valence-electron chi connectivity index (χ0n) is 12.4. The SMILES string of the molecule is Cc1ccc(NC(=O)CSC(C)(C)C)c(C#CCO)c1. The average Bonchev–Trinajstić information content (AvgIpc) is 2.36. The molecule has 0 aromatic heterocycles. The van der Waals surface area contributed by atoms with Gasteiger partial charge in [-0.2, -0.15) is 0 Å². The van der Waals surface area contributed by atoms with Gasteiger partial charge in [0.1, 0.15) is 6.61 Å². The lowest BCUT2D eigenvalue weighted by Gasteiger charge is -2.17. The van der Waals surface area contributed by atoms with E-state index in [0.717, 1.165) is 11.1 Å². The Kier molecular flexibility index (Phi) is 6.12. The lowest BCUT2D eigenvalue weighted by Crippen LogP contribution is -2.19. The summed E-state index contributed by atoms with van der Waals surface area (Å²) >= 11 is 1.60. The van der Waals surface area contributed by atoms with E-state index >= 15 is 0 Å². The fourth-order valence-electron chi connectivity index (χ4n) is 1.47. The smallest absolute Gasteiger partial charge is 0.234 e. The monoisotopic (exact) mass is 291 g/mol. The zero-order chi connectivity index (χ0) is 15.2. The Bertz CT molecular complexity index is 536. The minimum Gasteiger partial charge on any atom is -0.384 e. The number of aliphatic hydroxyl groups excluding tert-OH is 1. The highest BCUT2D eigenvalue weighted by atomic mass is 32.2.